The second-order valence-corrected chi connectivity index (χ2v) is 12.7. The molecule has 1 fully saturated rings. The Morgan fingerprint density at radius 2 is 1.76 bits per heavy atom. The Balaban J connectivity index is 1.41. The van der Waals surface area contributed by atoms with Crippen molar-refractivity contribution in [1.29, 1.82) is 0 Å². The molecule has 2 heterocycles. The van der Waals surface area contributed by atoms with E-state index in [0.717, 1.165) is 10.9 Å². The fraction of sp³-hybridized carbons (Fsp3) is 0.429. The first-order chi connectivity index (χ1) is 18.1. The van der Waals surface area contributed by atoms with Crippen LogP contribution in [0.15, 0.2) is 59.5 Å². The van der Waals surface area contributed by atoms with Crippen LogP contribution in [0.2, 0.25) is 5.02 Å². The summed E-state index contributed by atoms with van der Waals surface area (Å²) in [5, 5.41) is 7.46. The molecule has 10 heteroatoms. The summed E-state index contributed by atoms with van der Waals surface area (Å²) in [5.41, 5.74) is 1.43. The summed E-state index contributed by atoms with van der Waals surface area (Å²) in [6.45, 7) is 4.69. The van der Waals surface area contributed by atoms with E-state index < -0.39 is 16.1 Å². The van der Waals surface area contributed by atoms with Crippen molar-refractivity contribution < 1.29 is 18.0 Å². The van der Waals surface area contributed by atoms with Gasteiger partial charge in [-0.1, -0.05) is 43.6 Å². The number of carbonyl (C=O) groups excluding carboxylic acids is 2. The van der Waals surface area contributed by atoms with E-state index in [-0.39, 0.29) is 28.7 Å². The van der Waals surface area contributed by atoms with Crippen molar-refractivity contribution in [3.05, 3.63) is 65.3 Å². The van der Waals surface area contributed by atoms with Gasteiger partial charge in [0.15, 0.2) is 0 Å². The molecule has 0 aliphatic carbocycles. The normalized spacial score (nSPS) is 17.8. The van der Waals surface area contributed by atoms with Gasteiger partial charge < -0.3 is 15.2 Å². The predicted octanol–water partition coefficient (Wildman–Crippen LogP) is 4.34. The van der Waals surface area contributed by atoms with Gasteiger partial charge in [0, 0.05) is 42.1 Å². The Kier molecular flexibility index (Phi) is 8.80. The van der Waals surface area contributed by atoms with Gasteiger partial charge in [0.25, 0.3) is 5.91 Å². The number of aromatic nitrogens is 1. The van der Waals surface area contributed by atoms with Gasteiger partial charge in [0.05, 0.1) is 4.90 Å². The molecule has 1 saturated heterocycles. The van der Waals surface area contributed by atoms with Gasteiger partial charge in [-0.25, -0.2) is 8.42 Å². The lowest BCUT2D eigenvalue weighted by Crippen LogP contribution is -2.50. The van der Waals surface area contributed by atoms with Crippen molar-refractivity contribution in [3.8, 4) is 0 Å². The molecule has 3 aromatic rings. The highest BCUT2D eigenvalue weighted by atomic mass is 35.5. The number of rotatable bonds is 8. The molecular formula is C28H35ClN4O4S. The molecule has 2 atom stereocenters. The number of para-hydroxylation sites is 1. The molecule has 4 rings (SSSR count). The van der Waals surface area contributed by atoms with Crippen LogP contribution in [0, 0.1) is 5.92 Å². The van der Waals surface area contributed by atoms with Gasteiger partial charge in [-0.2, -0.15) is 4.31 Å². The standard InChI is InChI=1S/C28H35ClN4O4S/c1-19(2)17-24(31-28(35)26-18-20-7-4-5-9-25(20)32(26)3)27(34)30-22-8-6-15-33(16-14-22)38(36,37)23-12-10-21(29)11-13-23/h4-5,7,9-13,18-19,22,24H,6,8,14-17H2,1-3H3,(H,30,34)(H,31,35)/t22-,24?/m0/s1. The van der Waals surface area contributed by atoms with E-state index in [0.29, 0.717) is 49.5 Å². The van der Waals surface area contributed by atoms with Crippen LogP contribution < -0.4 is 10.6 Å². The average molecular weight is 559 g/mol. The third-order valence-electron chi connectivity index (χ3n) is 7.00. The molecule has 1 unspecified atom stereocenters. The number of amides is 2. The zero-order chi connectivity index (χ0) is 27.4. The van der Waals surface area contributed by atoms with Crippen molar-refractivity contribution in [2.75, 3.05) is 13.1 Å². The molecule has 2 amide bonds. The van der Waals surface area contributed by atoms with Crippen molar-refractivity contribution >= 4 is 44.3 Å². The highest BCUT2D eigenvalue weighted by molar-refractivity contribution is 7.89. The van der Waals surface area contributed by atoms with Crippen LogP contribution in [0.5, 0.6) is 0 Å². The minimum absolute atomic E-state index is 0.183. The number of sulfonamides is 1. The SMILES string of the molecule is CC(C)CC(NC(=O)c1cc2ccccc2n1C)C(=O)N[C@H]1CCCN(S(=O)(=O)c2ccc(Cl)cc2)CC1. The van der Waals surface area contributed by atoms with E-state index in [2.05, 4.69) is 10.6 Å². The van der Waals surface area contributed by atoms with E-state index in [9.17, 15) is 18.0 Å². The predicted molar refractivity (Wildman–Crippen MR) is 150 cm³/mol. The second-order valence-electron chi connectivity index (χ2n) is 10.3. The van der Waals surface area contributed by atoms with Gasteiger partial charge in [-0.15, -0.1) is 0 Å². The summed E-state index contributed by atoms with van der Waals surface area (Å²) < 4.78 is 29.5. The van der Waals surface area contributed by atoms with E-state index >= 15 is 0 Å². The number of nitrogens with one attached hydrogen (secondary N) is 2. The number of nitrogens with zero attached hydrogens (tertiary/aromatic N) is 2. The lowest BCUT2D eigenvalue weighted by atomic mass is 10.0. The molecule has 0 bridgehead atoms. The maximum atomic E-state index is 13.3. The quantitative estimate of drug-likeness (QED) is 0.429. The molecule has 8 nitrogen and oxygen atoms in total. The molecule has 1 aliphatic rings. The molecule has 2 aromatic carbocycles. The van der Waals surface area contributed by atoms with Crippen LogP contribution in [0.3, 0.4) is 0 Å². The number of carbonyl (C=O) groups is 2. The zero-order valence-corrected chi connectivity index (χ0v) is 23.6. The minimum atomic E-state index is -3.65. The van der Waals surface area contributed by atoms with Crippen molar-refractivity contribution in [2.45, 2.75) is 56.5 Å². The molecule has 1 aromatic heterocycles. The molecule has 0 radical (unpaired) electrons. The Morgan fingerprint density at radius 1 is 1.05 bits per heavy atom. The van der Waals surface area contributed by atoms with Gasteiger partial charge in [-0.05, 0) is 68.0 Å². The number of benzene rings is 2. The fourth-order valence-electron chi connectivity index (χ4n) is 4.95. The van der Waals surface area contributed by atoms with Gasteiger partial charge in [-0.3, -0.25) is 9.59 Å². The number of halogens is 1. The second kappa shape index (κ2) is 11.9. The maximum absolute atomic E-state index is 13.3. The van der Waals surface area contributed by atoms with E-state index in [1.807, 2.05) is 55.8 Å². The maximum Gasteiger partial charge on any atom is 0.268 e. The van der Waals surface area contributed by atoms with Gasteiger partial charge in [0.1, 0.15) is 11.7 Å². The molecule has 1 aliphatic heterocycles. The first-order valence-electron chi connectivity index (χ1n) is 13.0. The highest BCUT2D eigenvalue weighted by Crippen LogP contribution is 2.23. The average Bonchev–Trinajstić information content (AvgIpc) is 3.04. The number of fused-ring (bicyclic) bond motifs is 1. The third kappa shape index (κ3) is 6.39. The lowest BCUT2D eigenvalue weighted by molar-refractivity contribution is -0.124. The van der Waals surface area contributed by atoms with Crippen LogP contribution in [0.25, 0.3) is 10.9 Å². The Labute approximate surface area is 229 Å². The summed E-state index contributed by atoms with van der Waals surface area (Å²) in [6, 6.07) is 14.9. The largest absolute Gasteiger partial charge is 0.352 e. The Morgan fingerprint density at radius 3 is 2.45 bits per heavy atom. The van der Waals surface area contributed by atoms with Crippen LogP contribution >= 0.6 is 11.6 Å². The van der Waals surface area contributed by atoms with Crippen molar-refractivity contribution in [2.24, 2.45) is 13.0 Å². The van der Waals surface area contributed by atoms with Crippen LogP contribution in [-0.4, -0.2) is 54.3 Å². The van der Waals surface area contributed by atoms with Crippen LogP contribution in [-0.2, 0) is 21.9 Å². The number of hydrogen-bond acceptors (Lipinski definition) is 4. The van der Waals surface area contributed by atoms with E-state index in [1.54, 1.807) is 12.1 Å². The summed E-state index contributed by atoms with van der Waals surface area (Å²) >= 11 is 5.91. The molecular weight excluding hydrogens is 524 g/mol. The molecule has 0 saturated carbocycles. The number of hydrogen-bond donors (Lipinski definition) is 2. The fourth-order valence-corrected chi connectivity index (χ4v) is 6.57. The zero-order valence-electron chi connectivity index (χ0n) is 22.0. The van der Waals surface area contributed by atoms with Gasteiger partial charge >= 0.3 is 0 Å². The van der Waals surface area contributed by atoms with Crippen LogP contribution in [0.1, 0.15) is 50.0 Å². The van der Waals surface area contributed by atoms with E-state index in [4.69, 9.17) is 11.6 Å². The third-order valence-corrected chi connectivity index (χ3v) is 9.16. The van der Waals surface area contributed by atoms with Gasteiger partial charge in [0.2, 0.25) is 15.9 Å². The monoisotopic (exact) mass is 558 g/mol. The Hall–Kier alpha value is -2.88. The molecule has 0 spiro atoms. The smallest absolute Gasteiger partial charge is 0.268 e. The van der Waals surface area contributed by atoms with Crippen molar-refractivity contribution in [1.82, 2.24) is 19.5 Å². The topological polar surface area (TPSA) is 101 Å². The first kappa shape index (κ1) is 28.1. The first-order valence-corrected chi connectivity index (χ1v) is 14.8. The summed E-state index contributed by atoms with van der Waals surface area (Å²) in [4.78, 5) is 26.7. The molecule has 204 valence electrons. The summed E-state index contributed by atoms with van der Waals surface area (Å²) in [5.74, 6) is -0.358. The summed E-state index contributed by atoms with van der Waals surface area (Å²) in [7, 11) is -1.81. The lowest BCUT2D eigenvalue weighted by Gasteiger charge is -2.24. The van der Waals surface area contributed by atoms with Crippen LogP contribution in [0.4, 0.5) is 0 Å². The Bertz CT molecular complexity index is 1400. The number of aryl methyl sites for hydroxylation is 1. The summed E-state index contributed by atoms with van der Waals surface area (Å²) in [6.07, 6.45) is 2.26. The van der Waals surface area contributed by atoms with E-state index in [1.165, 1.54) is 16.4 Å². The highest BCUT2D eigenvalue weighted by Gasteiger charge is 2.30. The molecule has 2 N–H and O–H groups in total. The molecule has 38 heavy (non-hydrogen) atoms. The minimum Gasteiger partial charge on any atom is -0.352 e. The van der Waals surface area contributed by atoms with Crippen molar-refractivity contribution in [3.63, 3.8) is 0 Å².